The van der Waals surface area contributed by atoms with Crippen LogP contribution < -0.4 is 4.90 Å². The third-order valence-electron chi connectivity index (χ3n) is 3.47. The van der Waals surface area contributed by atoms with Gasteiger partial charge >= 0.3 is 11.9 Å². The van der Waals surface area contributed by atoms with Crippen molar-refractivity contribution in [3.8, 4) is 0 Å². The van der Waals surface area contributed by atoms with Gasteiger partial charge in [-0.3, -0.25) is 9.59 Å². The Hall–Kier alpha value is -2.04. The van der Waals surface area contributed by atoms with Gasteiger partial charge in [0.2, 0.25) is 0 Å². The Bertz CT molecular complexity index is 531. The quantitative estimate of drug-likeness (QED) is 0.689. The Morgan fingerprint density at radius 3 is 2.00 bits per heavy atom. The van der Waals surface area contributed by atoms with Crippen LogP contribution in [0.25, 0.3) is 0 Å². The number of carbonyl (C=O) groups excluding carboxylic acids is 2. The highest BCUT2D eigenvalue weighted by atomic mass is 16.5. The zero-order valence-electron chi connectivity index (χ0n) is 14.8. The Balaban J connectivity index is 2.99. The zero-order chi connectivity index (χ0) is 17.4. The molecule has 1 aromatic rings. The average Bonchev–Trinajstić information content (AvgIpc) is 2.44. The van der Waals surface area contributed by atoms with Crippen molar-refractivity contribution in [2.45, 2.75) is 41.0 Å². The number of aryl methyl sites for hydroxylation is 3. The lowest BCUT2D eigenvalue weighted by Crippen LogP contribution is -2.34. The van der Waals surface area contributed by atoms with E-state index >= 15 is 0 Å². The maximum Gasteiger partial charge on any atom is 0.325 e. The minimum Gasteiger partial charge on any atom is -0.466 e. The fourth-order valence-electron chi connectivity index (χ4n) is 2.76. The Morgan fingerprint density at radius 1 is 0.957 bits per heavy atom. The van der Waals surface area contributed by atoms with Gasteiger partial charge in [0.25, 0.3) is 0 Å². The largest absolute Gasteiger partial charge is 0.466 e. The van der Waals surface area contributed by atoms with Crippen LogP contribution in [-0.4, -0.2) is 38.2 Å². The molecule has 0 aliphatic carbocycles. The van der Waals surface area contributed by atoms with Gasteiger partial charge in [-0.25, -0.2) is 0 Å². The number of hydrogen-bond acceptors (Lipinski definition) is 5. The fraction of sp³-hybridized carbons (Fsp3) is 0.556. The van der Waals surface area contributed by atoms with E-state index in [0.29, 0.717) is 19.8 Å². The molecule has 0 aliphatic rings. The van der Waals surface area contributed by atoms with E-state index in [1.54, 1.807) is 13.8 Å². The summed E-state index contributed by atoms with van der Waals surface area (Å²) in [4.78, 5) is 25.5. The summed E-state index contributed by atoms with van der Waals surface area (Å²) >= 11 is 0. The van der Waals surface area contributed by atoms with E-state index in [9.17, 15) is 9.59 Å². The van der Waals surface area contributed by atoms with Crippen LogP contribution in [0.15, 0.2) is 12.1 Å². The molecule has 0 saturated carbocycles. The van der Waals surface area contributed by atoms with E-state index in [1.807, 2.05) is 25.7 Å². The summed E-state index contributed by atoms with van der Waals surface area (Å²) in [6.45, 7) is 10.9. The van der Waals surface area contributed by atoms with E-state index in [0.717, 1.165) is 16.8 Å². The molecule has 23 heavy (non-hydrogen) atoms. The Kier molecular flexibility index (Phi) is 7.59. The van der Waals surface area contributed by atoms with Gasteiger partial charge in [0.15, 0.2) is 0 Å². The molecule has 0 fully saturated rings. The van der Waals surface area contributed by atoms with Crippen LogP contribution in [0.2, 0.25) is 0 Å². The topological polar surface area (TPSA) is 55.8 Å². The first kappa shape index (κ1) is 19.0. The first-order valence-corrected chi connectivity index (χ1v) is 8.03. The summed E-state index contributed by atoms with van der Waals surface area (Å²) < 4.78 is 10.0. The van der Waals surface area contributed by atoms with Gasteiger partial charge in [0.05, 0.1) is 19.6 Å². The van der Waals surface area contributed by atoms with Gasteiger partial charge in [-0.2, -0.15) is 0 Å². The number of carbonyl (C=O) groups is 2. The number of rotatable bonds is 8. The molecule has 0 heterocycles. The molecular formula is C18H27NO4. The molecule has 0 saturated heterocycles. The number of anilines is 1. The van der Waals surface area contributed by atoms with Crippen molar-refractivity contribution in [2.24, 2.45) is 0 Å². The van der Waals surface area contributed by atoms with Crippen molar-refractivity contribution in [3.63, 3.8) is 0 Å². The summed E-state index contributed by atoms with van der Waals surface area (Å²) in [5, 5.41) is 0. The van der Waals surface area contributed by atoms with Crippen molar-refractivity contribution in [1.29, 1.82) is 0 Å². The second-order valence-corrected chi connectivity index (χ2v) is 5.53. The van der Waals surface area contributed by atoms with Crippen LogP contribution in [0.5, 0.6) is 0 Å². The van der Waals surface area contributed by atoms with E-state index < -0.39 is 0 Å². The van der Waals surface area contributed by atoms with E-state index in [-0.39, 0.29) is 24.9 Å². The minimum atomic E-state index is -0.296. The molecule has 0 aliphatic heterocycles. The standard InChI is InChI=1S/C18H27NO4/c1-6-22-16(20)8-9-19(12-17(21)23-7-2)18-14(4)10-13(3)11-15(18)5/h10-11H,6-9,12H2,1-5H3. The molecule has 1 aromatic carbocycles. The SMILES string of the molecule is CCOC(=O)CCN(CC(=O)OCC)c1c(C)cc(C)cc1C. The molecule has 0 bridgehead atoms. The lowest BCUT2D eigenvalue weighted by Gasteiger charge is -2.27. The first-order valence-electron chi connectivity index (χ1n) is 8.03. The number of esters is 2. The Labute approximate surface area is 138 Å². The molecule has 0 aromatic heterocycles. The molecule has 0 amide bonds. The number of hydrogen-bond donors (Lipinski definition) is 0. The smallest absolute Gasteiger partial charge is 0.325 e. The van der Waals surface area contributed by atoms with E-state index in [1.165, 1.54) is 5.56 Å². The van der Waals surface area contributed by atoms with Gasteiger partial charge in [-0.05, 0) is 45.7 Å². The highest BCUT2D eigenvalue weighted by Gasteiger charge is 2.18. The lowest BCUT2D eigenvalue weighted by atomic mass is 10.0. The average molecular weight is 321 g/mol. The van der Waals surface area contributed by atoms with Crippen LogP contribution in [0.4, 0.5) is 5.69 Å². The highest BCUT2D eigenvalue weighted by Crippen LogP contribution is 2.26. The number of benzene rings is 1. The number of ether oxygens (including phenoxy) is 2. The summed E-state index contributed by atoms with van der Waals surface area (Å²) in [5.74, 6) is -0.556. The molecule has 5 heteroatoms. The molecule has 0 atom stereocenters. The van der Waals surface area contributed by atoms with E-state index in [2.05, 4.69) is 12.1 Å². The van der Waals surface area contributed by atoms with Crippen molar-refractivity contribution in [1.82, 2.24) is 0 Å². The van der Waals surface area contributed by atoms with Gasteiger partial charge in [-0.15, -0.1) is 0 Å². The lowest BCUT2D eigenvalue weighted by molar-refractivity contribution is -0.144. The molecule has 128 valence electrons. The van der Waals surface area contributed by atoms with Crippen molar-refractivity contribution < 1.29 is 19.1 Å². The van der Waals surface area contributed by atoms with Crippen molar-refractivity contribution >= 4 is 17.6 Å². The summed E-state index contributed by atoms with van der Waals surface area (Å²) in [7, 11) is 0. The van der Waals surface area contributed by atoms with Gasteiger partial charge in [0.1, 0.15) is 6.54 Å². The molecule has 1 rings (SSSR count). The molecule has 0 radical (unpaired) electrons. The zero-order valence-corrected chi connectivity index (χ0v) is 14.8. The summed E-state index contributed by atoms with van der Waals surface area (Å²) in [5.41, 5.74) is 4.31. The third-order valence-corrected chi connectivity index (χ3v) is 3.47. The molecule has 0 spiro atoms. The second-order valence-electron chi connectivity index (χ2n) is 5.53. The fourth-order valence-corrected chi connectivity index (χ4v) is 2.76. The molecule has 5 nitrogen and oxygen atoms in total. The maximum absolute atomic E-state index is 11.9. The van der Waals surface area contributed by atoms with Crippen LogP contribution in [0, 0.1) is 20.8 Å². The number of nitrogens with zero attached hydrogens (tertiary/aromatic N) is 1. The summed E-state index contributed by atoms with van der Waals surface area (Å²) in [6, 6.07) is 4.15. The van der Waals surface area contributed by atoms with Crippen LogP contribution in [0.3, 0.4) is 0 Å². The highest BCUT2D eigenvalue weighted by molar-refractivity contribution is 5.78. The van der Waals surface area contributed by atoms with Gasteiger partial charge in [-0.1, -0.05) is 17.7 Å². The van der Waals surface area contributed by atoms with E-state index in [4.69, 9.17) is 9.47 Å². The van der Waals surface area contributed by atoms with Gasteiger partial charge in [0, 0.05) is 12.2 Å². The van der Waals surface area contributed by atoms with Crippen molar-refractivity contribution in [3.05, 3.63) is 28.8 Å². The third kappa shape index (κ3) is 5.93. The van der Waals surface area contributed by atoms with Crippen LogP contribution >= 0.6 is 0 Å². The van der Waals surface area contributed by atoms with Gasteiger partial charge < -0.3 is 14.4 Å². The predicted molar refractivity (Wildman–Crippen MR) is 90.7 cm³/mol. The predicted octanol–water partition coefficient (Wildman–Crippen LogP) is 2.93. The maximum atomic E-state index is 11.9. The van der Waals surface area contributed by atoms with Crippen LogP contribution in [0.1, 0.15) is 37.0 Å². The first-order chi connectivity index (χ1) is 10.9. The normalized spacial score (nSPS) is 10.3. The molecule has 0 unspecified atom stereocenters. The summed E-state index contributed by atoms with van der Waals surface area (Å²) in [6.07, 6.45) is 0.236. The molecule has 0 N–H and O–H groups in total. The monoisotopic (exact) mass is 321 g/mol. The minimum absolute atomic E-state index is 0.123. The van der Waals surface area contributed by atoms with Crippen molar-refractivity contribution in [2.75, 3.05) is 31.2 Å². The van der Waals surface area contributed by atoms with Crippen LogP contribution in [-0.2, 0) is 19.1 Å². The second kappa shape index (κ2) is 9.18. The molecular weight excluding hydrogens is 294 g/mol. The Morgan fingerprint density at radius 2 is 1.48 bits per heavy atom.